The van der Waals surface area contributed by atoms with Gasteiger partial charge in [-0.15, -0.1) is 0 Å². The number of rotatable bonds is 3. The molecule has 0 aliphatic carbocycles. The number of nitrogens with one attached hydrogen (secondary N) is 1. The zero-order valence-corrected chi connectivity index (χ0v) is 7.73. The molecule has 1 amide bonds. The molecule has 1 N–H and O–H groups in total. The van der Waals surface area contributed by atoms with Crippen LogP contribution in [0.3, 0.4) is 0 Å². The van der Waals surface area contributed by atoms with Crippen molar-refractivity contribution in [2.24, 2.45) is 0 Å². The zero-order chi connectivity index (χ0) is 8.91. The third-order valence-corrected chi connectivity index (χ3v) is 1.50. The van der Waals surface area contributed by atoms with Gasteiger partial charge in [-0.1, -0.05) is 13.3 Å². The summed E-state index contributed by atoms with van der Waals surface area (Å²) in [6.45, 7) is 6.04. The first kappa shape index (κ1) is 10.3. The fourth-order valence-electron chi connectivity index (χ4n) is 1.01. The Labute approximate surface area is 68.1 Å². The van der Waals surface area contributed by atoms with E-state index in [1.54, 1.807) is 0 Å². The van der Waals surface area contributed by atoms with Gasteiger partial charge in [-0.25, -0.2) is 4.79 Å². The van der Waals surface area contributed by atoms with E-state index in [1.807, 2.05) is 13.8 Å². The Bertz CT molecular complexity index is 132. The van der Waals surface area contributed by atoms with Crippen LogP contribution in [-0.2, 0) is 4.74 Å². The van der Waals surface area contributed by atoms with Gasteiger partial charge in [0.1, 0.15) is 0 Å². The van der Waals surface area contributed by atoms with Crippen LogP contribution in [0.1, 0.15) is 33.6 Å². The third kappa shape index (κ3) is 4.65. The minimum Gasteiger partial charge on any atom is -0.453 e. The van der Waals surface area contributed by atoms with Gasteiger partial charge in [-0.2, -0.15) is 0 Å². The average molecular weight is 159 g/mol. The predicted octanol–water partition coefficient (Wildman–Crippen LogP) is 1.92. The van der Waals surface area contributed by atoms with Gasteiger partial charge >= 0.3 is 6.09 Å². The minimum absolute atomic E-state index is 0.151. The van der Waals surface area contributed by atoms with Crippen molar-refractivity contribution < 1.29 is 9.53 Å². The lowest BCUT2D eigenvalue weighted by atomic mass is 10.00. The van der Waals surface area contributed by atoms with Crippen LogP contribution in [0.4, 0.5) is 4.79 Å². The standard InChI is InChI=1S/C8H17NO2/c1-5-6-8(2,3)9-7(10)11-4/h5-6H2,1-4H3,(H,9,10). The molecular weight excluding hydrogens is 142 g/mol. The molecule has 0 spiro atoms. The van der Waals surface area contributed by atoms with E-state index >= 15 is 0 Å². The van der Waals surface area contributed by atoms with Crippen molar-refractivity contribution in [3.8, 4) is 0 Å². The Morgan fingerprint density at radius 2 is 2.09 bits per heavy atom. The molecule has 0 fully saturated rings. The van der Waals surface area contributed by atoms with E-state index in [2.05, 4.69) is 17.0 Å². The lowest BCUT2D eigenvalue weighted by molar-refractivity contribution is 0.158. The molecule has 66 valence electrons. The summed E-state index contributed by atoms with van der Waals surface area (Å²) in [5.74, 6) is 0. The average Bonchev–Trinajstić information content (AvgIpc) is 1.86. The first-order valence-electron chi connectivity index (χ1n) is 3.88. The van der Waals surface area contributed by atoms with Crippen LogP contribution in [0, 0.1) is 0 Å². The Kier molecular flexibility index (Phi) is 3.93. The van der Waals surface area contributed by atoms with Crippen LogP contribution in [0.15, 0.2) is 0 Å². The number of carbonyl (C=O) groups is 1. The van der Waals surface area contributed by atoms with E-state index in [0.29, 0.717) is 0 Å². The van der Waals surface area contributed by atoms with E-state index in [-0.39, 0.29) is 11.6 Å². The molecule has 0 aliphatic rings. The maximum Gasteiger partial charge on any atom is 0.407 e. The van der Waals surface area contributed by atoms with Gasteiger partial charge in [0.2, 0.25) is 0 Å². The molecule has 3 heteroatoms. The monoisotopic (exact) mass is 159 g/mol. The van der Waals surface area contributed by atoms with Gasteiger partial charge in [0, 0.05) is 5.54 Å². The summed E-state index contributed by atoms with van der Waals surface area (Å²) in [5, 5.41) is 2.75. The highest BCUT2D eigenvalue weighted by molar-refractivity contribution is 5.67. The normalized spacial score (nSPS) is 10.9. The largest absolute Gasteiger partial charge is 0.453 e. The van der Waals surface area contributed by atoms with Crippen LogP contribution in [-0.4, -0.2) is 18.7 Å². The fourth-order valence-corrected chi connectivity index (χ4v) is 1.01. The van der Waals surface area contributed by atoms with Gasteiger partial charge in [0.05, 0.1) is 7.11 Å². The van der Waals surface area contributed by atoms with Crippen molar-refractivity contribution in [2.75, 3.05) is 7.11 Å². The van der Waals surface area contributed by atoms with Crippen molar-refractivity contribution in [1.82, 2.24) is 5.32 Å². The number of hydrogen-bond donors (Lipinski definition) is 1. The number of carbonyl (C=O) groups excluding carboxylic acids is 1. The van der Waals surface area contributed by atoms with Crippen LogP contribution in [0.2, 0.25) is 0 Å². The van der Waals surface area contributed by atoms with Gasteiger partial charge in [-0.3, -0.25) is 0 Å². The molecule has 0 bridgehead atoms. The van der Waals surface area contributed by atoms with Gasteiger partial charge < -0.3 is 10.1 Å². The second-order valence-corrected chi connectivity index (χ2v) is 3.25. The molecule has 3 nitrogen and oxygen atoms in total. The predicted molar refractivity (Wildman–Crippen MR) is 44.5 cm³/mol. The van der Waals surface area contributed by atoms with Gasteiger partial charge in [0.15, 0.2) is 0 Å². The molecule has 11 heavy (non-hydrogen) atoms. The molecule has 0 saturated carbocycles. The second kappa shape index (κ2) is 4.21. The number of alkyl carbamates (subject to hydrolysis) is 1. The highest BCUT2D eigenvalue weighted by Crippen LogP contribution is 2.10. The summed E-state index contributed by atoms with van der Waals surface area (Å²) in [6.07, 6.45) is 1.66. The van der Waals surface area contributed by atoms with Crippen LogP contribution in [0.25, 0.3) is 0 Å². The van der Waals surface area contributed by atoms with Crippen molar-refractivity contribution in [3.63, 3.8) is 0 Å². The lowest BCUT2D eigenvalue weighted by Crippen LogP contribution is -2.43. The van der Waals surface area contributed by atoms with Crippen molar-refractivity contribution in [2.45, 2.75) is 39.2 Å². The zero-order valence-electron chi connectivity index (χ0n) is 7.73. The summed E-state index contributed by atoms with van der Waals surface area (Å²) < 4.78 is 4.48. The quantitative estimate of drug-likeness (QED) is 0.683. The van der Waals surface area contributed by atoms with E-state index < -0.39 is 0 Å². The van der Waals surface area contributed by atoms with Crippen molar-refractivity contribution in [3.05, 3.63) is 0 Å². The number of hydrogen-bond acceptors (Lipinski definition) is 2. The summed E-state index contributed by atoms with van der Waals surface area (Å²) >= 11 is 0. The van der Waals surface area contributed by atoms with E-state index in [4.69, 9.17) is 0 Å². The highest BCUT2D eigenvalue weighted by atomic mass is 16.5. The first-order valence-corrected chi connectivity index (χ1v) is 3.88. The molecule has 0 aliphatic heterocycles. The smallest absolute Gasteiger partial charge is 0.407 e. The molecule has 0 heterocycles. The topological polar surface area (TPSA) is 38.3 Å². The first-order chi connectivity index (χ1) is 5.02. The molecule has 0 aromatic carbocycles. The molecule has 0 aromatic rings. The molecular formula is C8H17NO2. The summed E-state index contributed by atoms with van der Waals surface area (Å²) in [6, 6.07) is 0. The number of amides is 1. The number of methoxy groups -OCH3 is 1. The van der Waals surface area contributed by atoms with Gasteiger partial charge in [0.25, 0.3) is 0 Å². The molecule has 0 saturated heterocycles. The van der Waals surface area contributed by atoms with Gasteiger partial charge in [-0.05, 0) is 20.3 Å². The third-order valence-electron chi connectivity index (χ3n) is 1.50. The summed E-state index contributed by atoms with van der Waals surface area (Å²) in [5.41, 5.74) is -0.151. The molecule has 0 radical (unpaired) electrons. The lowest BCUT2D eigenvalue weighted by Gasteiger charge is -2.24. The Morgan fingerprint density at radius 3 is 2.45 bits per heavy atom. The van der Waals surface area contributed by atoms with E-state index in [1.165, 1.54) is 7.11 Å². The van der Waals surface area contributed by atoms with Crippen LogP contribution in [0.5, 0.6) is 0 Å². The number of ether oxygens (including phenoxy) is 1. The second-order valence-electron chi connectivity index (χ2n) is 3.25. The summed E-state index contributed by atoms with van der Waals surface area (Å²) in [7, 11) is 1.37. The molecule has 0 rings (SSSR count). The molecule has 0 atom stereocenters. The van der Waals surface area contributed by atoms with E-state index in [9.17, 15) is 4.79 Å². The highest BCUT2D eigenvalue weighted by Gasteiger charge is 2.18. The Balaban J connectivity index is 3.80. The Hall–Kier alpha value is -0.730. The minimum atomic E-state index is -0.358. The van der Waals surface area contributed by atoms with Crippen LogP contribution < -0.4 is 5.32 Å². The maximum absolute atomic E-state index is 10.8. The SMILES string of the molecule is CCCC(C)(C)NC(=O)OC. The van der Waals surface area contributed by atoms with E-state index in [0.717, 1.165) is 12.8 Å². The van der Waals surface area contributed by atoms with Crippen molar-refractivity contribution >= 4 is 6.09 Å². The van der Waals surface area contributed by atoms with Crippen LogP contribution >= 0.6 is 0 Å². The van der Waals surface area contributed by atoms with Crippen molar-refractivity contribution in [1.29, 1.82) is 0 Å². The maximum atomic E-state index is 10.8. The molecule has 0 unspecified atom stereocenters. The summed E-state index contributed by atoms with van der Waals surface area (Å²) in [4.78, 5) is 10.8. The fraction of sp³-hybridized carbons (Fsp3) is 0.875. The Morgan fingerprint density at radius 1 is 1.55 bits per heavy atom. The molecule has 0 aromatic heterocycles.